The van der Waals surface area contributed by atoms with E-state index in [1.54, 1.807) is 17.9 Å². The smallest absolute Gasteiger partial charge is 0.259 e. The van der Waals surface area contributed by atoms with E-state index < -0.39 is 0 Å². The second kappa shape index (κ2) is 6.72. The van der Waals surface area contributed by atoms with E-state index in [-0.39, 0.29) is 18.4 Å². The summed E-state index contributed by atoms with van der Waals surface area (Å²) in [7, 11) is 0. The molecule has 0 spiro atoms. The molecule has 122 valence electrons. The molecule has 1 fully saturated rings. The first kappa shape index (κ1) is 16.0. The van der Waals surface area contributed by atoms with Gasteiger partial charge in [0.05, 0.1) is 5.02 Å². The molecule has 1 aromatic carbocycles. The van der Waals surface area contributed by atoms with Crippen LogP contribution in [0.5, 0.6) is 0 Å². The van der Waals surface area contributed by atoms with E-state index in [1.165, 1.54) is 0 Å². The molecular weight excluding hydrogens is 316 g/mol. The fourth-order valence-corrected chi connectivity index (χ4v) is 3.16. The Morgan fingerprint density at radius 1 is 1.39 bits per heavy atom. The zero-order chi connectivity index (χ0) is 16.4. The molecule has 1 aliphatic rings. The normalized spacial score (nSPS) is 15.9. The molecule has 0 atom stereocenters. The van der Waals surface area contributed by atoms with Gasteiger partial charge in [-0.05, 0) is 31.7 Å². The Morgan fingerprint density at radius 2 is 2.09 bits per heavy atom. The molecule has 0 unspecified atom stereocenters. The molecule has 0 bridgehead atoms. The van der Waals surface area contributed by atoms with Gasteiger partial charge in [-0.2, -0.15) is 0 Å². The molecule has 2 heterocycles. The maximum Gasteiger partial charge on any atom is 0.259 e. The first-order chi connectivity index (χ1) is 11.1. The highest BCUT2D eigenvalue weighted by Crippen LogP contribution is 2.32. The predicted octanol–water partition coefficient (Wildman–Crippen LogP) is 3.15. The molecule has 1 aromatic heterocycles. The summed E-state index contributed by atoms with van der Waals surface area (Å²) >= 11 is 6.23. The Bertz CT molecular complexity index is 706. The van der Waals surface area contributed by atoms with Crippen molar-refractivity contribution in [2.45, 2.75) is 19.8 Å². The number of nitrogens with zero attached hydrogens (tertiary/aromatic N) is 2. The van der Waals surface area contributed by atoms with Crippen molar-refractivity contribution < 1.29 is 14.4 Å². The van der Waals surface area contributed by atoms with E-state index in [0.29, 0.717) is 40.7 Å². The Balaban J connectivity index is 1.90. The molecule has 0 saturated carbocycles. The van der Waals surface area contributed by atoms with E-state index in [4.69, 9.17) is 16.1 Å². The number of benzene rings is 1. The van der Waals surface area contributed by atoms with Gasteiger partial charge >= 0.3 is 0 Å². The zero-order valence-corrected chi connectivity index (χ0v) is 13.7. The first-order valence-electron chi connectivity index (χ1n) is 7.73. The van der Waals surface area contributed by atoms with Gasteiger partial charge in [0.15, 0.2) is 0 Å². The third-order valence-corrected chi connectivity index (χ3v) is 4.70. The van der Waals surface area contributed by atoms with Gasteiger partial charge in [-0.1, -0.05) is 35.0 Å². The number of amides is 1. The fraction of sp³-hybridized carbons (Fsp3) is 0.412. The molecule has 6 heteroatoms. The van der Waals surface area contributed by atoms with Crippen molar-refractivity contribution in [3.63, 3.8) is 0 Å². The standard InChI is InChI=1S/C17H19ClN2O3/c1-11-15(17(22)20-8-6-12(10-21)7-9-20)16(19-23-11)13-4-2-3-5-14(13)18/h2-5,12,21H,6-10H2,1H3. The number of carbonyl (C=O) groups excluding carboxylic acids is 1. The minimum atomic E-state index is -0.0879. The highest BCUT2D eigenvalue weighted by Gasteiger charge is 2.29. The monoisotopic (exact) mass is 334 g/mol. The van der Waals surface area contributed by atoms with Crippen LogP contribution in [0.3, 0.4) is 0 Å². The lowest BCUT2D eigenvalue weighted by atomic mass is 9.96. The van der Waals surface area contributed by atoms with Crippen molar-refractivity contribution >= 4 is 17.5 Å². The molecule has 1 aliphatic heterocycles. The van der Waals surface area contributed by atoms with Crippen LogP contribution in [0, 0.1) is 12.8 Å². The van der Waals surface area contributed by atoms with Crippen LogP contribution in [0.15, 0.2) is 28.8 Å². The van der Waals surface area contributed by atoms with E-state index in [1.807, 2.05) is 18.2 Å². The number of piperidine rings is 1. The quantitative estimate of drug-likeness (QED) is 0.936. The lowest BCUT2D eigenvalue weighted by Gasteiger charge is -2.31. The summed E-state index contributed by atoms with van der Waals surface area (Å²) in [5.74, 6) is 0.690. The van der Waals surface area contributed by atoms with Gasteiger partial charge in [0, 0.05) is 25.3 Å². The number of carbonyl (C=O) groups is 1. The maximum absolute atomic E-state index is 12.9. The van der Waals surface area contributed by atoms with Gasteiger partial charge in [0.1, 0.15) is 17.0 Å². The summed E-state index contributed by atoms with van der Waals surface area (Å²) in [5.41, 5.74) is 1.66. The van der Waals surface area contributed by atoms with E-state index in [9.17, 15) is 9.90 Å². The number of rotatable bonds is 3. The van der Waals surface area contributed by atoms with E-state index in [2.05, 4.69) is 5.16 Å². The number of aromatic nitrogens is 1. The molecule has 1 N–H and O–H groups in total. The van der Waals surface area contributed by atoms with Crippen LogP contribution in [-0.2, 0) is 0 Å². The summed E-state index contributed by atoms with van der Waals surface area (Å²) in [4.78, 5) is 14.7. The number of aryl methyl sites for hydroxylation is 1. The van der Waals surface area contributed by atoms with Crippen LogP contribution in [-0.4, -0.2) is 40.8 Å². The summed E-state index contributed by atoms with van der Waals surface area (Å²) < 4.78 is 5.26. The van der Waals surface area contributed by atoms with Gasteiger partial charge in [-0.15, -0.1) is 0 Å². The molecule has 3 rings (SSSR count). The van der Waals surface area contributed by atoms with Gasteiger partial charge in [-0.3, -0.25) is 4.79 Å². The maximum atomic E-state index is 12.9. The minimum absolute atomic E-state index is 0.0879. The van der Waals surface area contributed by atoms with Crippen LogP contribution in [0.1, 0.15) is 29.0 Å². The Morgan fingerprint density at radius 3 is 2.74 bits per heavy atom. The summed E-state index contributed by atoms with van der Waals surface area (Å²) in [6.45, 7) is 3.19. The Kier molecular flexibility index (Phi) is 4.68. The van der Waals surface area contributed by atoms with Crippen molar-refractivity contribution in [2.24, 2.45) is 5.92 Å². The number of aliphatic hydroxyl groups excluding tert-OH is 1. The molecule has 1 saturated heterocycles. The molecule has 1 amide bonds. The zero-order valence-electron chi connectivity index (χ0n) is 13.0. The SMILES string of the molecule is Cc1onc(-c2ccccc2Cl)c1C(=O)N1CCC(CO)CC1. The summed E-state index contributed by atoms with van der Waals surface area (Å²) in [6.07, 6.45) is 1.63. The van der Waals surface area contributed by atoms with E-state index in [0.717, 1.165) is 12.8 Å². The number of hydrogen-bond donors (Lipinski definition) is 1. The number of likely N-dealkylation sites (tertiary alicyclic amines) is 1. The third kappa shape index (κ3) is 3.12. The van der Waals surface area contributed by atoms with Crippen LogP contribution < -0.4 is 0 Å². The van der Waals surface area contributed by atoms with Gasteiger partial charge in [-0.25, -0.2) is 0 Å². The lowest BCUT2D eigenvalue weighted by Crippen LogP contribution is -2.39. The molecule has 0 aliphatic carbocycles. The lowest BCUT2D eigenvalue weighted by molar-refractivity contribution is 0.0650. The number of hydrogen-bond acceptors (Lipinski definition) is 4. The largest absolute Gasteiger partial charge is 0.396 e. The van der Waals surface area contributed by atoms with Gasteiger partial charge < -0.3 is 14.5 Å². The second-order valence-electron chi connectivity index (χ2n) is 5.86. The fourth-order valence-electron chi connectivity index (χ4n) is 2.94. The van der Waals surface area contributed by atoms with E-state index >= 15 is 0 Å². The Hall–Kier alpha value is -1.85. The highest BCUT2D eigenvalue weighted by molar-refractivity contribution is 6.33. The number of aliphatic hydroxyl groups is 1. The summed E-state index contributed by atoms with van der Waals surface area (Å²) in [6, 6.07) is 7.28. The molecular formula is C17H19ClN2O3. The van der Waals surface area contributed by atoms with Crippen LogP contribution >= 0.6 is 11.6 Å². The average molecular weight is 335 g/mol. The molecule has 5 nitrogen and oxygen atoms in total. The molecule has 2 aromatic rings. The first-order valence-corrected chi connectivity index (χ1v) is 8.11. The van der Waals surface area contributed by atoms with Gasteiger partial charge in [0.25, 0.3) is 5.91 Å². The minimum Gasteiger partial charge on any atom is -0.396 e. The van der Waals surface area contributed by atoms with Crippen molar-refractivity contribution in [3.05, 3.63) is 40.6 Å². The van der Waals surface area contributed by atoms with Crippen LogP contribution in [0.2, 0.25) is 5.02 Å². The van der Waals surface area contributed by atoms with Crippen molar-refractivity contribution in [1.29, 1.82) is 0 Å². The topological polar surface area (TPSA) is 66.6 Å². The second-order valence-corrected chi connectivity index (χ2v) is 6.27. The number of halogens is 1. The predicted molar refractivity (Wildman–Crippen MR) is 87.4 cm³/mol. The Labute approximate surface area is 139 Å². The molecule has 23 heavy (non-hydrogen) atoms. The molecule has 0 radical (unpaired) electrons. The van der Waals surface area contributed by atoms with Crippen molar-refractivity contribution in [3.8, 4) is 11.3 Å². The summed E-state index contributed by atoms with van der Waals surface area (Å²) in [5, 5.41) is 13.8. The van der Waals surface area contributed by atoms with Crippen molar-refractivity contribution in [1.82, 2.24) is 10.1 Å². The van der Waals surface area contributed by atoms with Crippen molar-refractivity contribution in [2.75, 3.05) is 19.7 Å². The average Bonchev–Trinajstić information content (AvgIpc) is 2.96. The van der Waals surface area contributed by atoms with Crippen LogP contribution in [0.4, 0.5) is 0 Å². The highest BCUT2D eigenvalue weighted by atomic mass is 35.5. The third-order valence-electron chi connectivity index (χ3n) is 4.37. The van der Waals surface area contributed by atoms with Gasteiger partial charge in [0.2, 0.25) is 0 Å². The van der Waals surface area contributed by atoms with Crippen LogP contribution in [0.25, 0.3) is 11.3 Å².